The number of thiophene rings is 1. The molecule has 5 heteroatoms. The van der Waals surface area contributed by atoms with E-state index < -0.39 is 0 Å². The Kier molecular flexibility index (Phi) is 2.22. The molecule has 0 amide bonds. The number of nitrogens with zero attached hydrogens (tertiary/aromatic N) is 2. The molecule has 0 aliphatic rings. The van der Waals surface area contributed by atoms with E-state index in [-0.39, 0.29) is 0 Å². The molecule has 80 valence electrons. The fourth-order valence-corrected chi connectivity index (χ4v) is 2.74. The number of nitrogens with two attached hydrogens (primary N) is 1. The highest BCUT2D eigenvalue weighted by Crippen LogP contribution is 2.30. The van der Waals surface area contributed by atoms with Crippen molar-refractivity contribution in [1.29, 1.82) is 0 Å². The van der Waals surface area contributed by atoms with E-state index >= 15 is 0 Å². The van der Waals surface area contributed by atoms with Crippen LogP contribution in [0.3, 0.4) is 0 Å². The lowest BCUT2D eigenvalue weighted by atomic mass is 10.2. The summed E-state index contributed by atoms with van der Waals surface area (Å²) in [5.74, 6) is 0.676. The largest absolute Gasteiger partial charge is 0.383 e. The second-order valence-corrected chi connectivity index (χ2v) is 5.04. The van der Waals surface area contributed by atoms with Crippen LogP contribution in [0.5, 0.6) is 0 Å². The normalized spacial score (nSPS) is 11.1. The highest BCUT2D eigenvalue weighted by Gasteiger charge is 2.12. The highest BCUT2D eigenvalue weighted by molar-refractivity contribution is 9.10. The molecular weight excluding hydrogens is 286 g/mol. The molecule has 0 unspecified atom stereocenters. The van der Waals surface area contributed by atoms with E-state index in [0.717, 1.165) is 21.4 Å². The minimum atomic E-state index is 0.676. The van der Waals surface area contributed by atoms with Crippen LogP contribution in [0.4, 0.5) is 5.82 Å². The Hall–Kier alpha value is -1.33. The smallest absolute Gasteiger partial charge is 0.153 e. The van der Waals surface area contributed by atoms with Crippen LogP contribution in [0.2, 0.25) is 0 Å². The number of hydrogen-bond donors (Lipinski definition) is 1. The molecule has 0 aliphatic heterocycles. The summed E-state index contributed by atoms with van der Waals surface area (Å²) >= 11 is 5.11. The Bertz CT molecular complexity index is 643. The van der Waals surface area contributed by atoms with Crippen LogP contribution in [0, 0.1) is 0 Å². The van der Waals surface area contributed by atoms with Crippen LogP contribution in [-0.4, -0.2) is 9.38 Å². The molecule has 3 nitrogen and oxygen atoms in total. The van der Waals surface area contributed by atoms with Crippen LogP contribution < -0.4 is 5.73 Å². The maximum atomic E-state index is 6.08. The van der Waals surface area contributed by atoms with Gasteiger partial charge in [0, 0.05) is 17.1 Å². The summed E-state index contributed by atoms with van der Waals surface area (Å²) in [5, 5.41) is 4.07. The van der Waals surface area contributed by atoms with Crippen molar-refractivity contribution in [2.45, 2.75) is 0 Å². The van der Waals surface area contributed by atoms with Crippen molar-refractivity contribution in [3.8, 4) is 11.3 Å². The van der Waals surface area contributed by atoms with Gasteiger partial charge < -0.3 is 5.73 Å². The third-order valence-corrected chi connectivity index (χ3v) is 3.74. The predicted octanol–water partition coefficient (Wildman–Crippen LogP) is 3.41. The van der Waals surface area contributed by atoms with Crippen LogP contribution in [0.25, 0.3) is 16.9 Å². The minimum Gasteiger partial charge on any atom is -0.383 e. The van der Waals surface area contributed by atoms with Gasteiger partial charge >= 0.3 is 0 Å². The van der Waals surface area contributed by atoms with Gasteiger partial charge in [-0.25, -0.2) is 4.98 Å². The number of anilines is 1. The van der Waals surface area contributed by atoms with E-state index in [2.05, 4.69) is 20.9 Å². The molecule has 3 rings (SSSR count). The van der Waals surface area contributed by atoms with Crippen molar-refractivity contribution in [2.24, 2.45) is 0 Å². The van der Waals surface area contributed by atoms with Gasteiger partial charge in [0.1, 0.15) is 11.5 Å². The Morgan fingerprint density at radius 3 is 2.94 bits per heavy atom. The molecule has 3 heterocycles. The van der Waals surface area contributed by atoms with Crippen molar-refractivity contribution in [1.82, 2.24) is 9.38 Å². The number of rotatable bonds is 1. The third kappa shape index (κ3) is 1.36. The van der Waals surface area contributed by atoms with E-state index in [4.69, 9.17) is 5.73 Å². The number of nitrogen functional groups attached to an aromatic ring is 1. The summed E-state index contributed by atoms with van der Waals surface area (Å²) < 4.78 is 2.83. The first kappa shape index (κ1) is 9.86. The van der Waals surface area contributed by atoms with Crippen molar-refractivity contribution >= 4 is 38.7 Å². The lowest BCUT2D eigenvalue weighted by Gasteiger charge is -1.96. The molecule has 0 spiro atoms. The quantitative estimate of drug-likeness (QED) is 0.747. The lowest BCUT2D eigenvalue weighted by Crippen LogP contribution is -1.93. The summed E-state index contributed by atoms with van der Waals surface area (Å²) in [6.45, 7) is 0. The molecule has 0 bridgehead atoms. The Morgan fingerprint density at radius 2 is 2.25 bits per heavy atom. The molecule has 3 aromatic heterocycles. The topological polar surface area (TPSA) is 43.3 Å². The van der Waals surface area contributed by atoms with Crippen LogP contribution in [-0.2, 0) is 0 Å². The molecule has 0 saturated carbocycles. The zero-order valence-electron chi connectivity index (χ0n) is 8.22. The van der Waals surface area contributed by atoms with Gasteiger partial charge in [-0.1, -0.05) is 0 Å². The Balaban J connectivity index is 2.36. The van der Waals surface area contributed by atoms with E-state index in [0.29, 0.717) is 5.82 Å². The molecule has 0 radical (unpaired) electrons. The molecule has 0 fully saturated rings. The van der Waals surface area contributed by atoms with E-state index in [9.17, 15) is 0 Å². The van der Waals surface area contributed by atoms with Crippen molar-refractivity contribution in [2.75, 3.05) is 5.73 Å². The molecule has 3 aromatic rings. The predicted molar refractivity (Wildman–Crippen MR) is 70.6 cm³/mol. The first-order valence-corrected chi connectivity index (χ1v) is 6.45. The number of halogens is 1. The summed E-state index contributed by atoms with van der Waals surface area (Å²) in [6, 6.07) is 5.92. The second kappa shape index (κ2) is 3.61. The zero-order chi connectivity index (χ0) is 11.1. The van der Waals surface area contributed by atoms with Crippen molar-refractivity contribution in [3.63, 3.8) is 0 Å². The molecule has 0 aromatic carbocycles. The molecule has 16 heavy (non-hydrogen) atoms. The SMILES string of the molecule is Nc1c(-c2ccsc2)nc2c(Br)cccn12. The van der Waals surface area contributed by atoms with Crippen molar-refractivity contribution < 1.29 is 0 Å². The van der Waals surface area contributed by atoms with Crippen LogP contribution >= 0.6 is 27.3 Å². The molecule has 0 aliphatic carbocycles. The van der Waals surface area contributed by atoms with Crippen LogP contribution in [0.15, 0.2) is 39.6 Å². The first-order chi connectivity index (χ1) is 7.77. The summed E-state index contributed by atoms with van der Waals surface area (Å²) in [4.78, 5) is 4.55. The van der Waals surface area contributed by atoms with Crippen LogP contribution in [0.1, 0.15) is 0 Å². The van der Waals surface area contributed by atoms with E-state index in [1.54, 1.807) is 11.3 Å². The number of pyridine rings is 1. The molecule has 0 saturated heterocycles. The Labute approximate surface area is 105 Å². The molecular formula is C11H8BrN3S. The van der Waals surface area contributed by atoms with Gasteiger partial charge in [-0.2, -0.15) is 11.3 Å². The molecule has 0 atom stereocenters. The van der Waals surface area contributed by atoms with Gasteiger partial charge in [0.25, 0.3) is 0 Å². The number of imidazole rings is 1. The number of fused-ring (bicyclic) bond motifs is 1. The molecule has 2 N–H and O–H groups in total. The van der Waals surface area contributed by atoms with Gasteiger partial charge in [-0.05, 0) is 39.5 Å². The average molecular weight is 294 g/mol. The summed E-state index contributed by atoms with van der Waals surface area (Å²) in [7, 11) is 0. The van der Waals surface area contributed by atoms with Gasteiger partial charge in [0.15, 0.2) is 5.65 Å². The third-order valence-electron chi connectivity index (χ3n) is 2.43. The van der Waals surface area contributed by atoms with Gasteiger partial charge in [0.05, 0.1) is 4.47 Å². The van der Waals surface area contributed by atoms with Gasteiger partial charge in [0.2, 0.25) is 0 Å². The fraction of sp³-hybridized carbons (Fsp3) is 0. The zero-order valence-corrected chi connectivity index (χ0v) is 10.6. The maximum Gasteiger partial charge on any atom is 0.153 e. The highest BCUT2D eigenvalue weighted by atomic mass is 79.9. The summed E-state index contributed by atoms with van der Waals surface area (Å²) in [6.07, 6.45) is 1.91. The number of aromatic nitrogens is 2. The van der Waals surface area contributed by atoms with Gasteiger partial charge in [-0.3, -0.25) is 4.40 Å². The maximum absolute atomic E-state index is 6.08. The van der Waals surface area contributed by atoms with E-state index in [1.165, 1.54) is 0 Å². The van der Waals surface area contributed by atoms with Crippen molar-refractivity contribution in [3.05, 3.63) is 39.6 Å². The van der Waals surface area contributed by atoms with Gasteiger partial charge in [-0.15, -0.1) is 0 Å². The lowest BCUT2D eigenvalue weighted by molar-refractivity contribution is 1.19. The standard InChI is InChI=1S/C11H8BrN3S/c12-8-2-1-4-15-10(13)9(14-11(8)15)7-3-5-16-6-7/h1-6H,13H2. The summed E-state index contributed by atoms with van der Waals surface area (Å²) in [5.41, 5.74) is 8.84. The Morgan fingerprint density at radius 1 is 1.38 bits per heavy atom. The average Bonchev–Trinajstić information content (AvgIpc) is 2.88. The second-order valence-electron chi connectivity index (χ2n) is 3.41. The van der Waals surface area contributed by atoms with E-state index in [1.807, 2.05) is 39.6 Å². The first-order valence-electron chi connectivity index (χ1n) is 4.72. The monoisotopic (exact) mass is 293 g/mol. The fourth-order valence-electron chi connectivity index (χ4n) is 1.66. The minimum absolute atomic E-state index is 0.676. The number of hydrogen-bond acceptors (Lipinski definition) is 3.